The van der Waals surface area contributed by atoms with Crippen LogP contribution in [0.5, 0.6) is 0 Å². The van der Waals surface area contributed by atoms with E-state index >= 15 is 0 Å². The summed E-state index contributed by atoms with van der Waals surface area (Å²) in [6.45, 7) is 0. The zero-order valence-corrected chi connectivity index (χ0v) is 16.7. The first-order valence-corrected chi connectivity index (χ1v) is 9.74. The number of hydrogen-bond acceptors (Lipinski definition) is 10. The van der Waals surface area contributed by atoms with Gasteiger partial charge in [-0.1, -0.05) is 16.9 Å². The summed E-state index contributed by atoms with van der Waals surface area (Å²) in [6, 6.07) is 4.82. The number of nitrogens with zero attached hydrogens (tertiary/aromatic N) is 2. The van der Waals surface area contributed by atoms with Crippen molar-refractivity contribution in [2.45, 2.75) is 22.4 Å². The Morgan fingerprint density at radius 1 is 1.29 bits per heavy atom. The predicted octanol–water partition coefficient (Wildman–Crippen LogP) is -2.70. The maximum absolute atomic E-state index is 11.9. The van der Waals surface area contributed by atoms with E-state index in [1.807, 2.05) is 0 Å². The molecule has 0 bridgehead atoms. The van der Waals surface area contributed by atoms with Crippen LogP contribution in [0.3, 0.4) is 0 Å². The Kier molecular flexibility index (Phi) is 8.19. The van der Waals surface area contributed by atoms with Crippen molar-refractivity contribution in [1.82, 2.24) is 10.0 Å². The summed E-state index contributed by atoms with van der Waals surface area (Å²) in [5.74, 6) is -3.04. The Morgan fingerprint density at radius 3 is 2.42 bits per heavy atom. The molecule has 0 aromatic carbocycles. The van der Waals surface area contributed by atoms with Crippen LogP contribution in [0, 0.1) is 0 Å². The van der Waals surface area contributed by atoms with Crippen molar-refractivity contribution < 1.29 is 61.7 Å². The summed E-state index contributed by atoms with van der Waals surface area (Å²) >= 11 is 0. The second kappa shape index (κ2) is 9.17. The average molecular weight is 400 g/mol. The average Bonchev–Trinajstić information content (AvgIpc) is 2.79. The van der Waals surface area contributed by atoms with Gasteiger partial charge in [0.15, 0.2) is 0 Å². The number of aromatic nitrogens is 1. The molecule has 1 aliphatic heterocycles. The third-order valence-electron chi connectivity index (χ3n) is 2.50. The molecule has 0 aliphatic carbocycles. The zero-order chi connectivity index (χ0) is 17.0. The fourth-order valence-corrected chi connectivity index (χ4v) is 5.00. The van der Waals surface area contributed by atoms with Gasteiger partial charge in [0.05, 0.1) is 0 Å². The summed E-state index contributed by atoms with van der Waals surface area (Å²) in [5, 5.41) is 0.555. The van der Waals surface area contributed by atoms with E-state index in [-0.39, 0.29) is 47.5 Å². The third kappa shape index (κ3) is 5.72. The van der Waals surface area contributed by atoms with Gasteiger partial charge in [0, 0.05) is 19.0 Å². The second-order valence-electron chi connectivity index (χ2n) is 4.16. The van der Waals surface area contributed by atoms with Gasteiger partial charge in [-0.15, -0.1) is 5.06 Å². The molecule has 1 unspecified atom stereocenters. The molecule has 2 heterocycles. The number of carbonyl (C=O) groups is 3. The van der Waals surface area contributed by atoms with E-state index in [9.17, 15) is 27.4 Å². The molecule has 13 heteroatoms. The Labute approximate surface area is 167 Å². The number of hydroxylamine groups is 2. The molecule has 1 fully saturated rings. The van der Waals surface area contributed by atoms with Crippen LogP contribution in [-0.2, 0) is 29.3 Å². The first-order valence-electron chi connectivity index (χ1n) is 6.05. The van der Waals surface area contributed by atoms with Gasteiger partial charge in [-0.25, -0.2) is 18.2 Å². The molecule has 2 rings (SSSR count). The van der Waals surface area contributed by atoms with Crippen molar-refractivity contribution in [1.29, 1.82) is 0 Å². The second-order valence-corrected chi connectivity index (χ2v) is 8.25. The monoisotopic (exact) mass is 400 g/mol. The van der Waals surface area contributed by atoms with Crippen LogP contribution in [-0.4, -0.2) is 45.4 Å². The molecule has 0 N–H and O–H groups in total. The summed E-state index contributed by atoms with van der Waals surface area (Å²) in [4.78, 5) is 42.9. The summed E-state index contributed by atoms with van der Waals surface area (Å²) in [7, 11) is -3.88. The first kappa shape index (κ1) is 21.4. The molecule has 1 aromatic rings. The number of imide groups is 1. The van der Waals surface area contributed by atoms with E-state index in [0.717, 1.165) is 10.8 Å². The number of rotatable bonds is 6. The van der Waals surface area contributed by atoms with Gasteiger partial charge in [0.2, 0.25) is 4.58 Å². The Balaban J connectivity index is 0.00000288. The van der Waals surface area contributed by atoms with Crippen LogP contribution < -0.4 is 29.6 Å². The fourth-order valence-electron chi connectivity index (χ4n) is 1.49. The van der Waals surface area contributed by atoms with Gasteiger partial charge in [0.1, 0.15) is 15.1 Å². The van der Waals surface area contributed by atoms with E-state index in [2.05, 4.69) is 9.82 Å². The van der Waals surface area contributed by atoms with Crippen LogP contribution in [0.25, 0.3) is 0 Å². The first-order chi connectivity index (χ1) is 10.8. The van der Waals surface area contributed by atoms with Crippen LogP contribution >= 0.6 is 21.6 Å². The summed E-state index contributed by atoms with van der Waals surface area (Å²) in [6.07, 6.45) is 1.16. The molecular formula is C11H9N2NaO7S3. The standard InChI is InChI=1S/C11H10N2O7S3.Na/c14-8-4-5-9(15)13(8)20-10(16)11(23(17,18)19)22-21-7-3-1-2-6-12-7;/h1-3,6,11H,4-5H2,(H,17,18,19);/q;+1/p-1. The molecule has 124 valence electrons. The van der Waals surface area contributed by atoms with E-state index in [1.165, 1.54) is 6.20 Å². The molecule has 2 amide bonds. The number of hydrogen-bond donors (Lipinski definition) is 0. The van der Waals surface area contributed by atoms with Crippen LogP contribution in [0.4, 0.5) is 0 Å². The minimum atomic E-state index is -5.07. The topological polar surface area (TPSA) is 134 Å². The van der Waals surface area contributed by atoms with Gasteiger partial charge in [-0.2, -0.15) is 0 Å². The fraction of sp³-hybridized carbons (Fsp3) is 0.273. The maximum Gasteiger partial charge on any atom is 1.00 e. The molecule has 1 saturated heterocycles. The Bertz CT molecular complexity index is 712. The predicted molar refractivity (Wildman–Crippen MR) is 78.3 cm³/mol. The van der Waals surface area contributed by atoms with Gasteiger partial charge >= 0.3 is 35.5 Å². The SMILES string of the molecule is O=C(ON1C(=O)CCC1=O)C(SSc1ccccn1)S(=O)(=O)[O-].[Na+]. The number of pyridine rings is 1. The van der Waals surface area contributed by atoms with E-state index in [4.69, 9.17) is 0 Å². The molecule has 0 spiro atoms. The van der Waals surface area contributed by atoms with Gasteiger partial charge in [-0.05, 0) is 22.9 Å². The molecule has 1 aromatic heterocycles. The van der Waals surface area contributed by atoms with Crippen LogP contribution in [0.1, 0.15) is 12.8 Å². The van der Waals surface area contributed by atoms with E-state index in [1.54, 1.807) is 18.2 Å². The summed E-state index contributed by atoms with van der Waals surface area (Å²) < 4.78 is 31.6. The molecule has 0 saturated carbocycles. The molecular weight excluding hydrogens is 391 g/mol. The quantitative estimate of drug-likeness (QED) is 0.215. The van der Waals surface area contributed by atoms with Gasteiger partial charge < -0.3 is 9.39 Å². The van der Waals surface area contributed by atoms with E-state index < -0.39 is 32.5 Å². The number of amides is 2. The van der Waals surface area contributed by atoms with E-state index in [0.29, 0.717) is 15.8 Å². The Morgan fingerprint density at radius 2 is 1.92 bits per heavy atom. The smallest absolute Gasteiger partial charge is 0.747 e. The minimum absolute atomic E-state index is 0. The van der Waals surface area contributed by atoms with Gasteiger partial charge in [0.25, 0.3) is 11.8 Å². The van der Waals surface area contributed by atoms with Crippen molar-refractivity contribution >= 4 is 49.5 Å². The van der Waals surface area contributed by atoms with Crippen LogP contribution in [0.2, 0.25) is 0 Å². The zero-order valence-electron chi connectivity index (χ0n) is 12.3. The van der Waals surface area contributed by atoms with Crippen molar-refractivity contribution in [3.05, 3.63) is 24.4 Å². The van der Waals surface area contributed by atoms with Crippen molar-refractivity contribution in [2.75, 3.05) is 0 Å². The van der Waals surface area contributed by atoms with Crippen molar-refractivity contribution in [3.8, 4) is 0 Å². The minimum Gasteiger partial charge on any atom is -0.747 e. The Hall–Kier alpha value is -0.630. The maximum atomic E-state index is 11.9. The number of carbonyl (C=O) groups excluding carboxylic acids is 3. The van der Waals surface area contributed by atoms with Gasteiger partial charge in [-0.3, -0.25) is 9.59 Å². The summed E-state index contributed by atoms with van der Waals surface area (Å²) in [5.41, 5.74) is 0. The molecule has 1 aliphatic rings. The molecule has 0 radical (unpaired) electrons. The molecule has 24 heavy (non-hydrogen) atoms. The largest absolute Gasteiger partial charge is 1.00 e. The third-order valence-corrected chi connectivity index (χ3v) is 6.83. The van der Waals surface area contributed by atoms with Crippen molar-refractivity contribution in [2.24, 2.45) is 0 Å². The molecule has 1 atom stereocenters. The van der Waals surface area contributed by atoms with Crippen LogP contribution in [0.15, 0.2) is 29.4 Å². The van der Waals surface area contributed by atoms with Crippen molar-refractivity contribution in [3.63, 3.8) is 0 Å². The normalized spacial score (nSPS) is 15.8. The molecule has 9 nitrogen and oxygen atoms in total.